The zero-order valence-electron chi connectivity index (χ0n) is 9.46. The number of hydrogen-bond acceptors (Lipinski definition) is 5. The van der Waals surface area contributed by atoms with Gasteiger partial charge in [0.2, 0.25) is 5.76 Å². The van der Waals surface area contributed by atoms with Crippen LogP contribution in [-0.2, 0) is 14.6 Å². The Kier molecular flexibility index (Phi) is 3.24. The minimum absolute atomic E-state index is 0.146. The van der Waals surface area contributed by atoms with Gasteiger partial charge < -0.3 is 9.15 Å². The Morgan fingerprint density at radius 1 is 1.47 bits per heavy atom. The van der Waals surface area contributed by atoms with Crippen LogP contribution in [0.1, 0.15) is 29.8 Å². The highest BCUT2D eigenvalue weighted by Gasteiger charge is 2.34. The average molecular weight is 258 g/mol. The number of hydrogen-bond donors (Lipinski definition) is 0. The summed E-state index contributed by atoms with van der Waals surface area (Å²) in [6, 6.07) is 3.12. The molecule has 1 aliphatic rings. The van der Waals surface area contributed by atoms with Crippen molar-refractivity contribution < 1.29 is 22.4 Å². The van der Waals surface area contributed by atoms with Crippen molar-refractivity contribution in [1.29, 1.82) is 0 Å². The lowest BCUT2D eigenvalue weighted by molar-refractivity contribution is 0.0282. The minimum atomic E-state index is -3.04. The topological polar surface area (TPSA) is 73.6 Å². The summed E-state index contributed by atoms with van der Waals surface area (Å²) >= 11 is 0. The van der Waals surface area contributed by atoms with Gasteiger partial charge in [-0.15, -0.1) is 0 Å². The summed E-state index contributed by atoms with van der Waals surface area (Å²) in [5.74, 6) is -0.387. The monoisotopic (exact) mass is 258 g/mol. The van der Waals surface area contributed by atoms with Crippen LogP contribution < -0.4 is 0 Å². The molecule has 0 N–H and O–H groups in total. The zero-order valence-corrected chi connectivity index (χ0v) is 10.3. The molecule has 5 nitrogen and oxygen atoms in total. The van der Waals surface area contributed by atoms with E-state index in [1.165, 1.54) is 18.6 Å². The Hall–Kier alpha value is -1.30. The van der Waals surface area contributed by atoms with Gasteiger partial charge in [-0.05, 0) is 25.0 Å². The second-order valence-corrected chi connectivity index (χ2v) is 6.59. The van der Waals surface area contributed by atoms with Gasteiger partial charge in [-0.25, -0.2) is 13.2 Å². The molecule has 0 spiro atoms. The van der Waals surface area contributed by atoms with Crippen molar-refractivity contribution in [2.45, 2.75) is 30.6 Å². The Balaban J connectivity index is 1.93. The summed E-state index contributed by atoms with van der Waals surface area (Å²) in [6.45, 7) is 0. The lowest BCUT2D eigenvalue weighted by Crippen LogP contribution is -2.20. The normalized spacial score (nSPS) is 24.8. The van der Waals surface area contributed by atoms with Gasteiger partial charge in [-0.3, -0.25) is 0 Å². The first-order chi connectivity index (χ1) is 7.97. The van der Waals surface area contributed by atoms with E-state index in [4.69, 9.17) is 9.15 Å². The third-order valence-corrected chi connectivity index (χ3v) is 4.58. The highest BCUT2D eigenvalue weighted by molar-refractivity contribution is 7.91. The second kappa shape index (κ2) is 4.52. The third-order valence-electron chi connectivity index (χ3n) is 2.94. The fourth-order valence-electron chi connectivity index (χ4n) is 2.00. The molecular weight excluding hydrogens is 244 g/mol. The molecule has 1 aromatic heterocycles. The van der Waals surface area contributed by atoms with Crippen molar-refractivity contribution in [3.8, 4) is 0 Å². The van der Waals surface area contributed by atoms with E-state index >= 15 is 0 Å². The van der Waals surface area contributed by atoms with Crippen LogP contribution in [0.4, 0.5) is 0 Å². The van der Waals surface area contributed by atoms with Crippen LogP contribution in [0.15, 0.2) is 22.8 Å². The van der Waals surface area contributed by atoms with Crippen LogP contribution in [0.2, 0.25) is 0 Å². The van der Waals surface area contributed by atoms with Gasteiger partial charge in [-0.1, -0.05) is 0 Å². The SMILES string of the molecule is CS(=O)(=O)C1CCC(OC(=O)c2ccco2)C1. The maximum Gasteiger partial charge on any atom is 0.374 e. The van der Waals surface area contributed by atoms with Crippen molar-refractivity contribution in [3.05, 3.63) is 24.2 Å². The number of rotatable bonds is 3. The summed E-state index contributed by atoms with van der Waals surface area (Å²) in [4.78, 5) is 11.6. The molecule has 2 atom stereocenters. The molecule has 1 saturated carbocycles. The van der Waals surface area contributed by atoms with E-state index in [1.807, 2.05) is 0 Å². The molecule has 2 rings (SSSR count). The Morgan fingerprint density at radius 2 is 2.24 bits per heavy atom. The molecule has 0 aromatic carbocycles. The predicted molar refractivity (Wildman–Crippen MR) is 60.4 cm³/mol. The Labute approximate surface area is 99.7 Å². The van der Waals surface area contributed by atoms with Gasteiger partial charge in [0, 0.05) is 12.7 Å². The van der Waals surface area contributed by atoms with Gasteiger partial charge in [0.05, 0.1) is 11.5 Å². The third kappa shape index (κ3) is 2.88. The summed E-state index contributed by atoms with van der Waals surface area (Å²) in [5.41, 5.74) is 0. The minimum Gasteiger partial charge on any atom is -0.457 e. The van der Waals surface area contributed by atoms with Crippen LogP contribution in [0.25, 0.3) is 0 Å². The molecule has 0 amide bonds. The molecule has 94 valence electrons. The van der Waals surface area contributed by atoms with Crippen molar-refractivity contribution >= 4 is 15.8 Å². The molecule has 17 heavy (non-hydrogen) atoms. The first kappa shape index (κ1) is 12.2. The molecule has 0 bridgehead atoms. The van der Waals surface area contributed by atoms with Crippen LogP contribution in [0.3, 0.4) is 0 Å². The quantitative estimate of drug-likeness (QED) is 0.766. The van der Waals surface area contributed by atoms with Crippen LogP contribution >= 0.6 is 0 Å². The first-order valence-electron chi connectivity index (χ1n) is 5.40. The van der Waals surface area contributed by atoms with Crippen molar-refractivity contribution in [2.24, 2.45) is 0 Å². The fraction of sp³-hybridized carbons (Fsp3) is 0.545. The smallest absolute Gasteiger partial charge is 0.374 e. The van der Waals surface area contributed by atoms with Crippen molar-refractivity contribution in [2.75, 3.05) is 6.26 Å². The molecule has 1 fully saturated rings. The average Bonchev–Trinajstić information content (AvgIpc) is 2.85. The molecule has 0 radical (unpaired) electrons. The summed E-state index contributed by atoms with van der Waals surface area (Å²) in [5, 5.41) is -0.392. The zero-order chi connectivity index (χ0) is 12.5. The highest BCUT2D eigenvalue weighted by atomic mass is 32.2. The number of furan rings is 1. The van der Waals surface area contributed by atoms with Gasteiger partial charge >= 0.3 is 5.97 Å². The number of carbonyl (C=O) groups is 1. The molecule has 1 heterocycles. The molecule has 1 aliphatic carbocycles. The maximum atomic E-state index is 11.6. The van der Waals surface area contributed by atoms with Gasteiger partial charge in [0.15, 0.2) is 0 Å². The first-order valence-corrected chi connectivity index (χ1v) is 7.35. The Bertz CT molecular complexity index is 488. The Morgan fingerprint density at radius 3 is 2.76 bits per heavy atom. The summed E-state index contributed by atoms with van der Waals surface area (Å²) in [7, 11) is -3.04. The van der Waals surface area contributed by atoms with E-state index in [0.717, 1.165) is 0 Å². The molecular formula is C11H14O5S. The number of esters is 1. The van der Waals surface area contributed by atoms with Crippen LogP contribution in [0.5, 0.6) is 0 Å². The summed E-state index contributed by atoms with van der Waals surface area (Å²) in [6.07, 6.45) is 3.80. The van der Waals surface area contributed by atoms with Crippen LogP contribution in [0, 0.1) is 0 Å². The van der Waals surface area contributed by atoms with Crippen molar-refractivity contribution in [3.63, 3.8) is 0 Å². The lowest BCUT2D eigenvalue weighted by Gasteiger charge is -2.10. The standard InChI is InChI=1S/C11H14O5S/c1-17(13,14)9-5-4-8(7-9)16-11(12)10-3-2-6-15-10/h2-3,6,8-9H,4-5,7H2,1H3. The van der Waals surface area contributed by atoms with Gasteiger partial charge in [0.25, 0.3) is 0 Å². The van der Waals surface area contributed by atoms with Crippen molar-refractivity contribution in [1.82, 2.24) is 0 Å². The maximum absolute atomic E-state index is 11.6. The molecule has 0 saturated heterocycles. The number of ether oxygens (including phenoxy) is 1. The van der Waals surface area contributed by atoms with E-state index < -0.39 is 21.1 Å². The summed E-state index contributed by atoms with van der Waals surface area (Å²) < 4.78 is 32.8. The van der Waals surface area contributed by atoms with E-state index in [2.05, 4.69) is 0 Å². The van der Waals surface area contributed by atoms with Gasteiger partial charge in [0.1, 0.15) is 15.9 Å². The van der Waals surface area contributed by atoms with E-state index in [0.29, 0.717) is 19.3 Å². The fourth-order valence-corrected chi connectivity index (χ4v) is 3.13. The van der Waals surface area contributed by atoms with E-state index in [-0.39, 0.29) is 11.9 Å². The highest BCUT2D eigenvalue weighted by Crippen LogP contribution is 2.27. The van der Waals surface area contributed by atoms with Gasteiger partial charge in [-0.2, -0.15) is 0 Å². The predicted octanol–water partition coefficient (Wildman–Crippen LogP) is 1.40. The molecule has 6 heteroatoms. The molecule has 2 unspecified atom stereocenters. The largest absolute Gasteiger partial charge is 0.457 e. The lowest BCUT2D eigenvalue weighted by atomic mass is 10.3. The number of carbonyl (C=O) groups excluding carboxylic acids is 1. The number of sulfone groups is 1. The molecule has 0 aliphatic heterocycles. The van der Waals surface area contributed by atoms with E-state index in [1.54, 1.807) is 6.07 Å². The van der Waals surface area contributed by atoms with E-state index in [9.17, 15) is 13.2 Å². The second-order valence-electron chi connectivity index (χ2n) is 4.27. The van der Waals surface area contributed by atoms with Crippen LogP contribution in [-0.4, -0.2) is 32.0 Å². The molecule has 1 aromatic rings.